The summed E-state index contributed by atoms with van der Waals surface area (Å²) in [4.78, 5) is 4.61. The van der Waals surface area contributed by atoms with Gasteiger partial charge in [0.1, 0.15) is 5.75 Å². The highest BCUT2D eigenvalue weighted by molar-refractivity contribution is 14.0. The highest BCUT2D eigenvalue weighted by Crippen LogP contribution is 2.17. The minimum atomic E-state index is 0. The number of aliphatic imine (C=N–C) groups is 1. The third kappa shape index (κ3) is 9.97. The number of guanidine groups is 1. The Morgan fingerprint density at radius 2 is 1.83 bits per heavy atom. The lowest BCUT2D eigenvalue weighted by Gasteiger charge is -2.12. The van der Waals surface area contributed by atoms with E-state index in [2.05, 4.69) is 29.5 Å². The summed E-state index contributed by atoms with van der Waals surface area (Å²) in [5.41, 5.74) is 1.08. The Morgan fingerprint density at radius 1 is 1.08 bits per heavy atom. The molecule has 0 bridgehead atoms. The van der Waals surface area contributed by atoms with Crippen LogP contribution < -0.4 is 15.4 Å². The number of nitrogens with zero attached hydrogens (tertiary/aromatic N) is 1. The Kier molecular flexibility index (Phi) is 14.8. The van der Waals surface area contributed by atoms with E-state index in [4.69, 9.17) is 9.47 Å². The predicted molar refractivity (Wildman–Crippen MR) is 112 cm³/mol. The number of hydrogen-bond acceptors (Lipinski definition) is 3. The fraction of sp³-hybridized carbons (Fsp3) is 0.611. The van der Waals surface area contributed by atoms with Crippen molar-refractivity contribution in [1.82, 2.24) is 10.6 Å². The summed E-state index contributed by atoms with van der Waals surface area (Å²) in [6.07, 6.45) is 3.29. The fourth-order valence-electron chi connectivity index (χ4n) is 2.07. The van der Waals surface area contributed by atoms with E-state index in [1.165, 1.54) is 6.42 Å². The molecule has 0 unspecified atom stereocenters. The first-order valence-electron chi connectivity index (χ1n) is 8.53. The zero-order valence-electron chi connectivity index (χ0n) is 15.1. The van der Waals surface area contributed by atoms with Gasteiger partial charge in [0.15, 0.2) is 5.96 Å². The molecule has 0 aliphatic heterocycles. The molecule has 138 valence electrons. The number of para-hydroxylation sites is 1. The second-order valence-corrected chi connectivity index (χ2v) is 5.25. The molecular formula is C18H32IN3O2. The molecule has 6 heteroatoms. The average Bonchev–Trinajstić information content (AvgIpc) is 2.59. The van der Waals surface area contributed by atoms with Crippen molar-refractivity contribution in [3.63, 3.8) is 0 Å². The van der Waals surface area contributed by atoms with E-state index in [1.807, 2.05) is 24.3 Å². The Hall–Kier alpha value is -1.02. The van der Waals surface area contributed by atoms with E-state index < -0.39 is 0 Å². The van der Waals surface area contributed by atoms with Crippen molar-refractivity contribution < 1.29 is 9.47 Å². The lowest BCUT2D eigenvalue weighted by molar-refractivity contribution is 0.129. The summed E-state index contributed by atoms with van der Waals surface area (Å²) in [6, 6.07) is 7.96. The van der Waals surface area contributed by atoms with Crippen LogP contribution in [-0.4, -0.2) is 39.4 Å². The average molecular weight is 449 g/mol. The van der Waals surface area contributed by atoms with Crippen LogP contribution in [0.25, 0.3) is 0 Å². The topological polar surface area (TPSA) is 54.9 Å². The lowest BCUT2D eigenvalue weighted by atomic mass is 10.2. The maximum Gasteiger partial charge on any atom is 0.191 e. The smallest absolute Gasteiger partial charge is 0.191 e. The van der Waals surface area contributed by atoms with E-state index in [0.29, 0.717) is 6.54 Å². The van der Waals surface area contributed by atoms with Crippen LogP contribution in [0, 0.1) is 0 Å². The van der Waals surface area contributed by atoms with Gasteiger partial charge in [0.05, 0.1) is 13.7 Å². The van der Waals surface area contributed by atoms with E-state index >= 15 is 0 Å². The minimum absolute atomic E-state index is 0. The monoisotopic (exact) mass is 449 g/mol. The molecule has 0 fully saturated rings. The first kappa shape index (κ1) is 23.0. The molecule has 0 amide bonds. The van der Waals surface area contributed by atoms with Crippen LogP contribution in [0.15, 0.2) is 29.3 Å². The molecule has 0 spiro atoms. The third-order valence-electron chi connectivity index (χ3n) is 3.34. The minimum Gasteiger partial charge on any atom is -0.496 e. The van der Waals surface area contributed by atoms with Gasteiger partial charge in [-0.2, -0.15) is 0 Å². The Labute approximate surface area is 163 Å². The first-order chi connectivity index (χ1) is 11.3. The highest BCUT2D eigenvalue weighted by Gasteiger charge is 2.02. The van der Waals surface area contributed by atoms with Gasteiger partial charge in [0.25, 0.3) is 0 Å². The van der Waals surface area contributed by atoms with Gasteiger partial charge in [-0.1, -0.05) is 31.5 Å². The van der Waals surface area contributed by atoms with Crippen molar-refractivity contribution >= 4 is 29.9 Å². The van der Waals surface area contributed by atoms with Crippen LogP contribution in [0.2, 0.25) is 0 Å². The molecule has 0 saturated carbocycles. The number of rotatable bonds is 11. The molecule has 0 saturated heterocycles. The quantitative estimate of drug-likeness (QED) is 0.235. The lowest BCUT2D eigenvalue weighted by Crippen LogP contribution is -2.38. The molecule has 0 aliphatic carbocycles. The predicted octanol–water partition coefficient (Wildman–Crippen LogP) is 3.58. The zero-order chi connectivity index (χ0) is 16.8. The number of hydrogen-bond donors (Lipinski definition) is 2. The van der Waals surface area contributed by atoms with E-state index in [0.717, 1.165) is 56.4 Å². The number of halogens is 1. The summed E-state index contributed by atoms with van der Waals surface area (Å²) in [6.45, 7) is 8.17. The van der Waals surface area contributed by atoms with Gasteiger partial charge < -0.3 is 20.1 Å². The number of benzene rings is 1. The summed E-state index contributed by atoms with van der Waals surface area (Å²) >= 11 is 0. The molecule has 1 rings (SSSR count). The van der Waals surface area contributed by atoms with Crippen LogP contribution in [0.1, 0.15) is 38.7 Å². The van der Waals surface area contributed by atoms with Crippen molar-refractivity contribution in [2.24, 2.45) is 4.99 Å². The van der Waals surface area contributed by atoms with Gasteiger partial charge >= 0.3 is 0 Å². The fourth-order valence-corrected chi connectivity index (χ4v) is 2.07. The van der Waals surface area contributed by atoms with Crippen LogP contribution in [0.4, 0.5) is 0 Å². The molecule has 1 aromatic carbocycles. The van der Waals surface area contributed by atoms with Gasteiger partial charge in [-0.3, -0.25) is 0 Å². The zero-order valence-corrected chi connectivity index (χ0v) is 17.5. The van der Waals surface area contributed by atoms with Crippen molar-refractivity contribution in [2.45, 2.75) is 39.7 Å². The van der Waals surface area contributed by atoms with E-state index in [1.54, 1.807) is 7.11 Å². The van der Waals surface area contributed by atoms with Crippen molar-refractivity contribution in [1.29, 1.82) is 0 Å². The van der Waals surface area contributed by atoms with Crippen molar-refractivity contribution in [3.8, 4) is 5.75 Å². The molecule has 1 aromatic rings. The summed E-state index contributed by atoms with van der Waals surface area (Å²) in [7, 11) is 1.69. The van der Waals surface area contributed by atoms with Gasteiger partial charge in [-0.15, -0.1) is 24.0 Å². The third-order valence-corrected chi connectivity index (χ3v) is 3.34. The van der Waals surface area contributed by atoms with Crippen LogP contribution in [0.3, 0.4) is 0 Å². The molecule has 0 heterocycles. The SMILES string of the molecule is CCCCOCCCNC(=NCc1ccccc1OC)NCC.I. The van der Waals surface area contributed by atoms with Crippen LogP contribution in [0.5, 0.6) is 5.75 Å². The second-order valence-electron chi connectivity index (χ2n) is 5.25. The van der Waals surface area contributed by atoms with Gasteiger partial charge in [0, 0.05) is 31.9 Å². The van der Waals surface area contributed by atoms with Gasteiger partial charge in [-0.05, 0) is 25.8 Å². The molecule has 0 aliphatic rings. The molecular weight excluding hydrogens is 417 g/mol. The Bertz CT molecular complexity index is 456. The molecule has 5 nitrogen and oxygen atoms in total. The number of methoxy groups -OCH3 is 1. The maximum atomic E-state index is 5.56. The largest absolute Gasteiger partial charge is 0.496 e. The van der Waals surface area contributed by atoms with Crippen molar-refractivity contribution in [3.05, 3.63) is 29.8 Å². The molecule has 2 N–H and O–H groups in total. The molecule has 0 aromatic heterocycles. The summed E-state index contributed by atoms with van der Waals surface area (Å²) in [5, 5.41) is 6.60. The van der Waals surface area contributed by atoms with Crippen molar-refractivity contribution in [2.75, 3.05) is 33.4 Å². The van der Waals surface area contributed by atoms with Gasteiger partial charge in [0.2, 0.25) is 0 Å². The van der Waals surface area contributed by atoms with Gasteiger partial charge in [-0.25, -0.2) is 4.99 Å². The second kappa shape index (κ2) is 15.5. The summed E-state index contributed by atoms with van der Waals surface area (Å²) < 4.78 is 10.9. The Balaban J connectivity index is 0.00000529. The Morgan fingerprint density at radius 3 is 2.54 bits per heavy atom. The highest BCUT2D eigenvalue weighted by atomic mass is 127. The standard InChI is InChI=1S/C18H31N3O2.HI/c1-4-6-13-23-14-9-12-20-18(19-5-2)21-15-16-10-7-8-11-17(16)22-3;/h7-8,10-11H,4-6,9,12-15H2,1-3H3,(H2,19,20,21);1H. The first-order valence-corrected chi connectivity index (χ1v) is 8.53. The van der Waals surface area contributed by atoms with Crippen LogP contribution in [-0.2, 0) is 11.3 Å². The molecule has 0 radical (unpaired) electrons. The number of ether oxygens (including phenoxy) is 2. The molecule has 24 heavy (non-hydrogen) atoms. The summed E-state index contributed by atoms with van der Waals surface area (Å²) in [5.74, 6) is 1.70. The normalized spacial score (nSPS) is 10.9. The number of nitrogens with one attached hydrogen (secondary N) is 2. The molecule has 0 atom stereocenters. The van der Waals surface area contributed by atoms with Crippen LogP contribution >= 0.6 is 24.0 Å². The maximum absolute atomic E-state index is 5.56. The van der Waals surface area contributed by atoms with E-state index in [9.17, 15) is 0 Å². The van der Waals surface area contributed by atoms with E-state index in [-0.39, 0.29) is 24.0 Å². The number of unbranched alkanes of at least 4 members (excludes halogenated alkanes) is 1.